The van der Waals surface area contributed by atoms with Gasteiger partial charge >= 0.3 is 12.1 Å². The van der Waals surface area contributed by atoms with Crippen molar-refractivity contribution in [3.05, 3.63) is 71.8 Å². The van der Waals surface area contributed by atoms with Crippen LogP contribution in [-0.4, -0.2) is 37.0 Å². The largest absolute Gasteiger partial charge is 0.456 e. The molecule has 0 bridgehead atoms. The normalized spacial score (nSPS) is 11.3. The highest BCUT2D eigenvalue weighted by molar-refractivity contribution is 5.98. The topological polar surface area (TPSA) is 108 Å². The Morgan fingerprint density at radius 3 is 2.24 bits per heavy atom. The molecule has 3 N–H and O–H groups in total. The standard InChI is InChI=1S/C22H26N2O5/c23-19(21(26)28-16-20(25)18-11-5-2-6-12-18)13-7-8-14-24-22(27)29-15-17-9-3-1-4-10-17/h1-6,9-12,19H,7-8,13-16,23H2,(H,24,27)/t19-/m0/s1. The SMILES string of the molecule is N[C@@H](CCCCNC(=O)OCc1ccccc1)C(=O)OCC(=O)c1ccccc1. The van der Waals surface area contributed by atoms with Crippen LogP contribution in [0.25, 0.3) is 0 Å². The molecule has 7 nitrogen and oxygen atoms in total. The Morgan fingerprint density at radius 2 is 1.55 bits per heavy atom. The summed E-state index contributed by atoms with van der Waals surface area (Å²) >= 11 is 0. The Morgan fingerprint density at radius 1 is 0.897 bits per heavy atom. The minimum absolute atomic E-state index is 0.213. The Hall–Kier alpha value is -3.19. The zero-order chi connectivity index (χ0) is 20.9. The van der Waals surface area contributed by atoms with E-state index >= 15 is 0 Å². The number of benzene rings is 2. The molecule has 154 valence electrons. The zero-order valence-electron chi connectivity index (χ0n) is 16.2. The van der Waals surface area contributed by atoms with E-state index in [1.165, 1.54) is 0 Å². The molecule has 0 fully saturated rings. The molecule has 2 aromatic carbocycles. The molecule has 0 spiro atoms. The van der Waals surface area contributed by atoms with Gasteiger partial charge in [0, 0.05) is 12.1 Å². The summed E-state index contributed by atoms with van der Waals surface area (Å²) in [6.07, 6.45) is 1.18. The number of nitrogens with one attached hydrogen (secondary N) is 1. The molecule has 0 aliphatic heterocycles. The Kier molecular flexibility index (Phi) is 9.38. The van der Waals surface area contributed by atoms with Crippen molar-refractivity contribution < 1.29 is 23.9 Å². The van der Waals surface area contributed by atoms with Crippen LogP contribution >= 0.6 is 0 Å². The van der Waals surface area contributed by atoms with Gasteiger partial charge in [-0.1, -0.05) is 60.7 Å². The molecule has 2 aromatic rings. The lowest BCUT2D eigenvalue weighted by molar-refractivity contribution is -0.144. The number of amides is 1. The molecule has 7 heteroatoms. The first kappa shape index (κ1) is 22.1. The fourth-order valence-electron chi connectivity index (χ4n) is 2.52. The Labute approximate surface area is 170 Å². The zero-order valence-corrected chi connectivity index (χ0v) is 16.2. The number of hydrogen-bond acceptors (Lipinski definition) is 6. The van der Waals surface area contributed by atoms with Crippen LogP contribution in [0, 0.1) is 0 Å². The average molecular weight is 398 g/mol. The van der Waals surface area contributed by atoms with Gasteiger partial charge in [-0.2, -0.15) is 0 Å². The number of ketones is 1. The fourth-order valence-corrected chi connectivity index (χ4v) is 2.52. The number of nitrogens with two attached hydrogens (primary N) is 1. The van der Waals surface area contributed by atoms with E-state index in [0.717, 1.165) is 5.56 Å². The van der Waals surface area contributed by atoms with Crippen LogP contribution in [0.1, 0.15) is 35.2 Å². The molecular formula is C22H26N2O5. The predicted molar refractivity (Wildman–Crippen MR) is 108 cm³/mol. The fraction of sp³-hybridized carbons (Fsp3) is 0.318. The summed E-state index contributed by atoms with van der Waals surface area (Å²) in [7, 11) is 0. The second-order valence-corrected chi connectivity index (χ2v) is 6.49. The Bertz CT molecular complexity index is 780. The number of rotatable bonds is 11. The monoisotopic (exact) mass is 398 g/mol. The second-order valence-electron chi connectivity index (χ2n) is 6.49. The number of unbranched alkanes of at least 4 members (excludes halogenated alkanes) is 1. The number of carbonyl (C=O) groups excluding carboxylic acids is 3. The lowest BCUT2D eigenvalue weighted by atomic mass is 10.1. The minimum atomic E-state index is -0.802. The molecular weight excluding hydrogens is 372 g/mol. The van der Waals surface area contributed by atoms with Gasteiger partial charge in [0.1, 0.15) is 12.6 Å². The predicted octanol–water partition coefficient (Wildman–Crippen LogP) is 2.84. The van der Waals surface area contributed by atoms with Crippen molar-refractivity contribution in [1.29, 1.82) is 0 Å². The van der Waals surface area contributed by atoms with Gasteiger partial charge in [0.2, 0.25) is 0 Å². The van der Waals surface area contributed by atoms with Crippen LogP contribution < -0.4 is 11.1 Å². The van der Waals surface area contributed by atoms with Crippen LogP contribution in [0.5, 0.6) is 0 Å². The first-order valence-electron chi connectivity index (χ1n) is 9.51. The summed E-state index contributed by atoms with van der Waals surface area (Å²) in [6.45, 7) is 0.304. The Balaban J connectivity index is 1.53. The summed E-state index contributed by atoms with van der Waals surface area (Å²) in [5.74, 6) is -0.881. The van der Waals surface area contributed by atoms with Gasteiger partial charge in [-0.05, 0) is 24.8 Å². The summed E-state index contributed by atoms with van der Waals surface area (Å²) in [6, 6.07) is 17.2. The lowest BCUT2D eigenvalue weighted by Crippen LogP contribution is -2.33. The van der Waals surface area contributed by atoms with Crippen LogP contribution in [0.4, 0.5) is 4.79 Å². The van der Waals surface area contributed by atoms with E-state index in [0.29, 0.717) is 31.4 Å². The van der Waals surface area contributed by atoms with Crippen molar-refractivity contribution in [2.24, 2.45) is 5.73 Å². The third-order valence-corrected chi connectivity index (χ3v) is 4.17. The molecule has 0 saturated heterocycles. The summed E-state index contributed by atoms with van der Waals surface area (Å²) in [5.41, 5.74) is 7.20. The number of hydrogen-bond donors (Lipinski definition) is 2. The van der Waals surface area contributed by atoms with Crippen molar-refractivity contribution in [3.8, 4) is 0 Å². The molecule has 0 radical (unpaired) electrons. The van der Waals surface area contributed by atoms with E-state index in [4.69, 9.17) is 15.2 Å². The molecule has 0 saturated carbocycles. The van der Waals surface area contributed by atoms with Gasteiger partial charge in [-0.25, -0.2) is 4.79 Å². The molecule has 0 unspecified atom stereocenters. The minimum Gasteiger partial charge on any atom is -0.456 e. The average Bonchev–Trinajstić information content (AvgIpc) is 2.76. The van der Waals surface area contributed by atoms with Crippen LogP contribution in [0.15, 0.2) is 60.7 Å². The van der Waals surface area contributed by atoms with Crippen molar-refractivity contribution in [2.45, 2.75) is 31.9 Å². The van der Waals surface area contributed by atoms with E-state index in [9.17, 15) is 14.4 Å². The van der Waals surface area contributed by atoms with Crippen molar-refractivity contribution >= 4 is 17.8 Å². The van der Waals surface area contributed by atoms with Gasteiger partial charge in [0.25, 0.3) is 0 Å². The number of ether oxygens (including phenoxy) is 2. The first-order valence-corrected chi connectivity index (χ1v) is 9.51. The van der Waals surface area contributed by atoms with Gasteiger partial charge in [-0.3, -0.25) is 9.59 Å². The van der Waals surface area contributed by atoms with Crippen molar-refractivity contribution in [2.75, 3.05) is 13.2 Å². The smallest absolute Gasteiger partial charge is 0.407 e. The lowest BCUT2D eigenvalue weighted by Gasteiger charge is -2.11. The number of Topliss-reactive ketones (excluding diaryl/α,β-unsaturated/α-hetero) is 1. The summed E-state index contributed by atoms with van der Waals surface area (Å²) in [5, 5.41) is 2.65. The van der Waals surface area contributed by atoms with Crippen LogP contribution in [0.3, 0.4) is 0 Å². The molecule has 29 heavy (non-hydrogen) atoms. The third-order valence-electron chi connectivity index (χ3n) is 4.17. The van der Waals surface area contributed by atoms with E-state index in [1.807, 2.05) is 30.3 Å². The number of alkyl carbamates (subject to hydrolysis) is 1. The van der Waals surface area contributed by atoms with Crippen molar-refractivity contribution in [1.82, 2.24) is 5.32 Å². The molecule has 0 heterocycles. The third kappa shape index (κ3) is 8.57. The maximum absolute atomic E-state index is 11.9. The molecule has 1 atom stereocenters. The van der Waals surface area contributed by atoms with Crippen molar-refractivity contribution in [3.63, 3.8) is 0 Å². The molecule has 0 aliphatic carbocycles. The highest BCUT2D eigenvalue weighted by Crippen LogP contribution is 2.04. The number of esters is 1. The number of carbonyl (C=O) groups is 3. The second kappa shape index (κ2) is 12.3. The van der Waals surface area contributed by atoms with E-state index < -0.39 is 18.1 Å². The maximum Gasteiger partial charge on any atom is 0.407 e. The highest BCUT2D eigenvalue weighted by Gasteiger charge is 2.16. The van der Waals surface area contributed by atoms with Gasteiger partial charge < -0.3 is 20.5 Å². The van der Waals surface area contributed by atoms with E-state index in [1.54, 1.807) is 30.3 Å². The summed E-state index contributed by atoms with van der Waals surface area (Å²) in [4.78, 5) is 35.4. The van der Waals surface area contributed by atoms with Crippen LogP contribution in [-0.2, 0) is 20.9 Å². The quantitative estimate of drug-likeness (QED) is 0.342. The van der Waals surface area contributed by atoms with E-state index in [2.05, 4.69) is 5.32 Å². The highest BCUT2D eigenvalue weighted by atomic mass is 16.5. The molecule has 0 aromatic heterocycles. The molecule has 2 rings (SSSR count). The molecule has 1 amide bonds. The maximum atomic E-state index is 11.9. The first-order chi connectivity index (χ1) is 14.1. The van der Waals surface area contributed by atoms with Crippen LogP contribution in [0.2, 0.25) is 0 Å². The van der Waals surface area contributed by atoms with Gasteiger partial charge in [-0.15, -0.1) is 0 Å². The van der Waals surface area contributed by atoms with Gasteiger partial charge in [0.15, 0.2) is 12.4 Å². The van der Waals surface area contributed by atoms with E-state index in [-0.39, 0.29) is 19.0 Å². The van der Waals surface area contributed by atoms with Gasteiger partial charge in [0.05, 0.1) is 0 Å². The molecule has 0 aliphatic rings. The summed E-state index contributed by atoms with van der Waals surface area (Å²) < 4.78 is 10.1.